The molecule has 0 amide bonds. The summed E-state index contributed by atoms with van der Waals surface area (Å²) in [6.45, 7) is 3.84. The van der Waals surface area contributed by atoms with Crippen LogP contribution in [0.1, 0.15) is 65.2 Å². The third kappa shape index (κ3) is 2.13. The van der Waals surface area contributed by atoms with Gasteiger partial charge in [-0.05, 0) is 74.2 Å². The molecule has 4 rings (SSSR count). The van der Waals surface area contributed by atoms with E-state index in [-0.39, 0.29) is 11.2 Å². The first-order valence-electron chi connectivity index (χ1n) is 9.87. The molecule has 0 aliphatic heterocycles. The van der Waals surface area contributed by atoms with Crippen molar-refractivity contribution in [2.24, 2.45) is 28.6 Å². The van der Waals surface area contributed by atoms with Gasteiger partial charge in [0.1, 0.15) is 12.2 Å². The van der Waals surface area contributed by atoms with Gasteiger partial charge in [0, 0.05) is 11.8 Å². The predicted octanol–water partition coefficient (Wildman–Crippen LogP) is 2.81. The molecular weight excluding hydrogens is 316 g/mol. The zero-order chi connectivity index (χ0) is 18.0. The molecular formula is C21H30O4. The first-order valence-corrected chi connectivity index (χ1v) is 9.87. The molecule has 0 heterocycles. The van der Waals surface area contributed by atoms with Crippen LogP contribution < -0.4 is 0 Å². The molecule has 6 atom stereocenters. The van der Waals surface area contributed by atoms with Crippen LogP contribution in [0.3, 0.4) is 0 Å². The minimum Gasteiger partial charge on any atom is -0.388 e. The lowest BCUT2D eigenvalue weighted by atomic mass is 9.46. The Hall–Kier alpha value is -1.00. The Balaban J connectivity index is 1.68. The van der Waals surface area contributed by atoms with Crippen molar-refractivity contribution < 1.29 is 19.8 Å². The summed E-state index contributed by atoms with van der Waals surface area (Å²) in [5.74, 6) is 1.26. The van der Waals surface area contributed by atoms with Crippen molar-refractivity contribution in [1.29, 1.82) is 0 Å². The number of carbonyl (C=O) groups is 2. The van der Waals surface area contributed by atoms with E-state index in [1.54, 1.807) is 0 Å². The van der Waals surface area contributed by atoms with Crippen LogP contribution >= 0.6 is 0 Å². The largest absolute Gasteiger partial charge is 0.388 e. The molecule has 0 aromatic carbocycles. The Bertz CT molecular complexity index is 652. The molecule has 0 aromatic heterocycles. The molecule has 0 aromatic rings. The van der Waals surface area contributed by atoms with Crippen LogP contribution in [0.2, 0.25) is 0 Å². The van der Waals surface area contributed by atoms with E-state index in [4.69, 9.17) is 0 Å². The van der Waals surface area contributed by atoms with Gasteiger partial charge in [-0.1, -0.05) is 19.4 Å². The van der Waals surface area contributed by atoms with Crippen LogP contribution in [0, 0.1) is 28.6 Å². The van der Waals surface area contributed by atoms with Crippen molar-refractivity contribution in [3.05, 3.63) is 11.6 Å². The maximum Gasteiger partial charge on any atom is 0.190 e. The van der Waals surface area contributed by atoms with E-state index >= 15 is 0 Å². The highest BCUT2D eigenvalue weighted by Gasteiger charge is 2.65. The minimum atomic E-state index is -1.36. The van der Waals surface area contributed by atoms with Crippen LogP contribution in [0.25, 0.3) is 0 Å². The molecule has 0 radical (unpaired) electrons. The van der Waals surface area contributed by atoms with E-state index in [2.05, 4.69) is 13.8 Å². The van der Waals surface area contributed by atoms with Crippen LogP contribution in [0.15, 0.2) is 11.6 Å². The fourth-order valence-corrected chi connectivity index (χ4v) is 7.16. The van der Waals surface area contributed by atoms with Gasteiger partial charge in [0.15, 0.2) is 11.6 Å². The van der Waals surface area contributed by atoms with Gasteiger partial charge in [0.25, 0.3) is 0 Å². The maximum atomic E-state index is 12.3. The highest BCUT2D eigenvalue weighted by atomic mass is 16.3. The summed E-state index contributed by atoms with van der Waals surface area (Å²) >= 11 is 0. The molecule has 0 spiro atoms. The average Bonchev–Trinajstić information content (AvgIpc) is 2.87. The molecule has 3 saturated carbocycles. The summed E-state index contributed by atoms with van der Waals surface area (Å²) in [4.78, 5) is 24.2. The molecule has 4 aliphatic carbocycles. The minimum absolute atomic E-state index is 0.111. The van der Waals surface area contributed by atoms with Crippen molar-refractivity contribution in [1.82, 2.24) is 0 Å². The highest BCUT2D eigenvalue weighted by molar-refractivity contribution is 5.91. The summed E-state index contributed by atoms with van der Waals surface area (Å²) in [7, 11) is 0. The van der Waals surface area contributed by atoms with Crippen molar-refractivity contribution in [3.8, 4) is 0 Å². The van der Waals surface area contributed by atoms with Gasteiger partial charge >= 0.3 is 0 Å². The van der Waals surface area contributed by atoms with Gasteiger partial charge in [-0.3, -0.25) is 9.59 Å². The second kappa shape index (κ2) is 5.50. The van der Waals surface area contributed by atoms with Crippen LogP contribution in [-0.2, 0) is 9.59 Å². The molecule has 4 heteroatoms. The van der Waals surface area contributed by atoms with E-state index in [0.29, 0.717) is 30.6 Å². The Morgan fingerprint density at radius 3 is 2.56 bits per heavy atom. The first-order chi connectivity index (χ1) is 11.8. The molecule has 0 bridgehead atoms. The smallest absolute Gasteiger partial charge is 0.190 e. The Labute approximate surface area is 149 Å². The standard InChI is InChI=1S/C21H30O4/c1-19-8-5-14(23)11-13(19)3-4-15-16(19)6-9-20(2)17(15)7-10-21(20,25)18(24)12-22/h11,15-17,22,25H,3-10,12H2,1-2H3/t15-,16-,17+,19+,20+,21+/m1/s1. The highest BCUT2D eigenvalue weighted by Crippen LogP contribution is 2.67. The number of fused-ring (bicyclic) bond motifs is 5. The maximum absolute atomic E-state index is 12.3. The Kier molecular flexibility index (Phi) is 3.83. The lowest BCUT2D eigenvalue weighted by Gasteiger charge is -2.58. The van der Waals surface area contributed by atoms with Gasteiger partial charge in [-0.25, -0.2) is 0 Å². The number of rotatable bonds is 2. The molecule has 25 heavy (non-hydrogen) atoms. The van der Waals surface area contributed by atoms with E-state index in [0.717, 1.165) is 38.5 Å². The predicted molar refractivity (Wildman–Crippen MR) is 93.8 cm³/mol. The van der Waals surface area contributed by atoms with Gasteiger partial charge < -0.3 is 10.2 Å². The van der Waals surface area contributed by atoms with Crippen molar-refractivity contribution in [2.75, 3.05) is 6.61 Å². The first kappa shape index (κ1) is 17.4. The zero-order valence-electron chi connectivity index (χ0n) is 15.4. The molecule has 138 valence electrons. The van der Waals surface area contributed by atoms with Crippen molar-refractivity contribution in [3.63, 3.8) is 0 Å². The number of hydrogen-bond acceptors (Lipinski definition) is 4. The molecule has 2 N–H and O–H groups in total. The number of allylic oxidation sites excluding steroid dienone is 1. The number of hydrogen-bond donors (Lipinski definition) is 2. The topological polar surface area (TPSA) is 74.6 Å². The van der Waals surface area contributed by atoms with E-state index in [1.165, 1.54) is 5.57 Å². The number of Topliss-reactive ketones (excluding diaryl/α,β-unsaturated/α-hetero) is 1. The monoisotopic (exact) mass is 346 g/mol. The van der Waals surface area contributed by atoms with E-state index < -0.39 is 23.4 Å². The van der Waals surface area contributed by atoms with Gasteiger partial charge in [0.2, 0.25) is 0 Å². The normalized spacial score (nSPS) is 49.0. The zero-order valence-corrected chi connectivity index (χ0v) is 15.4. The summed E-state index contributed by atoms with van der Waals surface area (Å²) in [5, 5.41) is 20.5. The van der Waals surface area contributed by atoms with Gasteiger partial charge in [0.05, 0.1) is 0 Å². The van der Waals surface area contributed by atoms with Crippen LogP contribution in [0.5, 0.6) is 0 Å². The molecule has 0 unspecified atom stereocenters. The quantitative estimate of drug-likeness (QED) is 0.806. The SMILES string of the molecule is C[C@]12CCC(=O)C=C1CC[C@@H]1[C@H]2CC[C@@]2(C)[C@H]1CC[C@]2(O)C(=O)CO. The molecule has 4 aliphatic rings. The summed E-state index contributed by atoms with van der Waals surface area (Å²) < 4.78 is 0. The number of aliphatic hydroxyl groups is 2. The average molecular weight is 346 g/mol. The van der Waals surface area contributed by atoms with Gasteiger partial charge in [-0.15, -0.1) is 0 Å². The molecule has 4 nitrogen and oxygen atoms in total. The van der Waals surface area contributed by atoms with Crippen molar-refractivity contribution in [2.45, 2.75) is 70.8 Å². The van der Waals surface area contributed by atoms with E-state index in [9.17, 15) is 19.8 Å². The van der Waals surface area contributed by atoms with Crippen LogP contribution in [0.4, 0.5) is 0 Å². The van der Waals surface area contributed by atoms with Gasteiger partial charge in [-0.2, -0.15) is 0 Å². The van der Waals surface area contributed by atoms with E-state index in [1.807, 2.05) is 6.08 Å². The molecule has 0 saturated heterocycles. The van der Waals surface area contributed by atoms with Crippen molar-refractivity contribution >= 4 is 11.6 Å². The fraction of sp³-hybridized carbons (Fsp3) is 0.810. The lowest BCUT2D eigenvalue weighted by Crippen LogP contribution is -2.58. The van der Waals surface area contributed by atoms with Crippen LogP contribution in [-0.4, -0.2) is 34.0 Å². The molecule has 3 fully saturated rings. The second-order valence-corrected chi connectivity index (χ2v) is 9.41. The lowest BCUT2D eigenvalue weighted by molar-refractivity contribution is -0.164. The second-order valence-electron chi connectivity index (χ2n) is 9.41. The number of ketones is 2. The summed E-state index contributed by atoms with van der Waals surface area (Å²) in [5.41, 5.74) is -0.333. The third-order valence-corrected chi connectivity index (χ3v) is 8.72. The summed E-state index contributed by atoms with van der Waals surface area (Å²) in [6.07, 6.45) is 8.72. The summed E-state index contributed by atoms with van der Waals surface area (Å²) in [6, 6.07) is 0. The third-order valence-electron chi connectivity index (χ3n) is 8.72. The fourth-order valence-electron chi connectivity index (χ4n) is 7.16. The number of carbonyl (C=O) groups excluding carboxylic acids is 2. The Morgan fingerprint density at radius 1 is 1.12 bits per heavy atom. The number of aliphatic hydroxyl groups excluding tert-OH is 1. The Morgan fingerprint density at radius 2 is 1.84 bits per heavy atom.